The first kappa shape index (κ1) is 19.6. The number of rotatable bonds is 4. The van der Waals surface area contributed by atoms with Crippen molar-refractivity contribution in [3.63, 3.8) is 0 Å². The van der Waals surface area contributed by atoms with E-state index < -0.39 is 12.0 Å². The normalized spacial score (nSPS) is 32.6. The highest BCUT2D eigenvalue weighted by Gasteiger charge is 2.62. The fourth-order valence-corrected chi connectivity index (χ4v) is 5.80. The highest BCUT2D eigenvalue weighted by Crippen LogP contribution is 2.54. The molecule has 0 radical (unpaired) electrons. The molecule has 2 aromatic rings. The number of halogens is 2. The van der Waals surface area contributed by atoms with Crippen molar-refractivity contribution in [2.24, 2.45) is 11.8 Å². The first-order valence-electron chi connectivity index (χ1n) is 10.1. The lowest BCUT2D eigenvalue weighted by atomic mass is 9.81. The Bertz CT molecular complexity index is 977. The van der Waals surface area contributed by atoms with Crippen LogP contribution in [0.5, 0.6) is 11.5 Å². The van der Waals surface area contributed by atoms with E-state index in [0.29, 0.717) is 16.5 Å². The van der Waals surface area contributed by atoms with E-state index in [2.05, 4.69) is 22.9 Å². The van der Waals surface area contributed by atoms with Crippen LogP contribution in [0.15, 0.2) is 40.9 Å². The molecule has 2 heterocycles. The van der Waals surface area contributed by atoms with E-state index in [1.165, 1.54) is 0 Å². The van der Waals surface area contributed by atoms with Gasteiger partial charge in [-0.25, -0.2) is 0 Å². The van der Waals surface area contributed by atoms with Gasteiger partial charge < -0.3 is 14.6 Å². The standard InChI is InChI=1S/C23H22BrClO4/c1-2-11-3-4-12(28-13-5-6-15(24)16(25)10-13)9-14(11)19-22(26)20-17-7-8-18(29-17)21(20)23(19)27/h3-6,9-10,17-22,26H,2,7-8H2,1H3. The highest BCUT2D eigenvalue weighted by molar-refractivity contribution is 9.10. The molecular weight excluding hydrogens is 456 g/mol. The summed E-state index contributed by atoms with van der Waals surface area (Å²) < 4.78 is 12.7. The maximum Gasteiger partial charge on any atom is 0.149 e. The Morgan fingerprint density at radius 2 is 1.90 bits per heavy atom. The van der Waals surface area contributed by atoms with Crippen molar-refractivity contribution in [3.05, 3.63) is 57.0 Å². The van der Waals surface area contributed by atoms with Crippen LogP contribution in [0.1, 0.15) is 36.8 Å². The van der Waals surface area contributed by atoms with E-state index in [9.17, 15) is 9.90 Å². The van der Waals surface area contributed by atoms with Crippen LogP contribution in [0.4, 0.5) is 0 Å². The SMILES string of the molecule is CCc1ccc(Oc2ccc(Br)c(Cl)c2)cc1C1C(=O)C2C3CCC(O3)C2C1O. The Morgan fingerprint density at radius 3 is 2.62 bits per heavy atom. The number of aryl methyl sites for hydroxylation is 1. The van der Waals surface area contributed by atoms with Gasteiger partial charge >= 0.3 is 0 Å². The van der Waals surface area contributed by atoms with Crippen molar-refractivity contribution in [2.75, 3.05) is 0 Å². The number of hydrogen-bond acceptors (Lipinski definition) is 4. The van der Waals surface area contributed by atoms with Gasteiger partial charge in [0.1, 0.15) is 17.3 Å². The zero-order valence-electron chi connectivity index (χ0n) is 16.0. The smallest absolute Gasteiger partial charge is 0.149 e. The number of carbonyl (C=O) groups excluding carboxylic acids is 1. The van der Waals surface area contributed by atoms with Gasteiger partial charge in [-0.3, -0.25) is 4.79 Å². The summed E-state index contributed by atoms with van der Waals surface area (Å²) in [5, 5.41) is 11.7. The second kappa shape index (κ2) is 7.38. The monoisotopic (exact) mass is 476 g/mol. The van der Waals surface area contributed by atoms with E-state index in [4.69, 9.17) is 21.1 Å². The quantitative estimate of drug-likeness (QED) is 0.651. The molecule has 3 fully saturated rings. The minimum absolute atomic E-state index is 0.0170. The number of aliphatic hydroxyl groups excluding tert-OH is 1. The van der Waals surface area contributed by atoms with E-state index in [0.717, 1.165) is 34.9 Å². The largest absolute Gasteiger partial charge is 0.457 e. The minimum Gasteiger partial charge on any atom is -0.457 e. The van der Waals surface area contributed by atoms with E-state index in [1.54, 1.807) is 6.07 Å². The van der Waals surface area contributed by atoms with Crippen molar-refractivity contribution in [1.29, 1.82) is 0 Å². The first-order valence-corrected chi connectivity index (χ1v) is 11.3. The number of ether oxygens (including phenoxy) is 2. The van der Waals surface area contributed by atoms with Crippen LogP contribution in [-0.4, -0.2) is 29.2 Å². The molecule has 1 N–H and O–H groups in total. The third-order valence-corrected chi connectivity index (χ3v) is 7.89. The van der Waals surface area contributed by atoms with Gasteiger partial charge in [0.2, 0.25) is 0 Å². The Kier molecular flexibility index (Phi) is 4.98. The van der Waals surface area contributed by atoms with E-state index in [-0.39, 0.29) is 29.8 Å². The molecule has 1 aliphatic carbocycles. The van der Waals surface area contributed by atoms with Crippen LogP contribution in [-0.2, 0) is 16.0 Å². The van der Waals surface area contributed by atoms with Gasteiger partial charge in [-0.1, -0.05) is 24.6 Å². The number of aliphatic hydroxyl groups is 1. The van der Waals surface area contributed by atoms with Crippen LogP contribution in [0.2, 0.25) is 5.02 Å². The maximum absolute atomic E-state index is 13.3. The van der Waals surface area contributed by atoms with Gasteiger partial charge in [0.15, 0.2) is 0 Å². The summed E-state index contributed by atoms with van der Waals surface area (Å²) in [5.41, 5.74) is 1.94. The average Bonchev–Trinajstić information content (AvgIpc) is 3.39. The summed E-state index contributed by atoms with van der Waals surface area (Å²) in [6.45, 7) is 2.06. The highest BCUT2D eigenvalue weighted by atomic mass is 79.9. The molecular formula is C23H22BrClO4. The fourth-order valence-electron chi connectivity index (χ4n) is 5.38. The van der Waals surface area contributed by atoms with E-state index >= 15 is 0 Å². The lowest BCUT2D eigenvalue weighted by molar-refractivity contribution is -0.124. The van der Waals surface area contributed by atoms with Gasteiger partial charge in [0.05, 0.1) is 35.2 Å². The first-order chi connectivity index (χ1) is 14.0. The lowest BCUT2D eigenvalue weighted by Crippen LogP contribution is -2.31. The number of benzene rings is 2. The number of Topliss-reactive ketones (excluding diaryl/α,β-unsaturated/α-hetero) is 1. The van der Waals surface area contributed by atoms with Gasteiger partial charge in [-0.15, -0.1) is 0 Å². The van der Waals surface area contributed by atoms with E-state index in [1.807, 2.05) is 30.3 Å². The lowest BCUT2D eigenvalue weighted by Gasteiger charge is -2.23. The second-order valence-electron chi connectivity index (χ2n) is 8.16. The van der Waals surface area contributed by atoms with Crippen molar-refractivity contribution in [2.45, 2.75) is 50.4 Å². The van der Waals surface area contributed by atoms with Gasteiger partial charge in [0, 0.05) is 16.5 Å². The average molecular weight is 478 g/mol. The fraction of sp³-hybridized carbons (Fsp3) is 0.435. The third kappa shape index (κ3) is 3.14. The molecule has 3 aliphatic rings. The molecule has 4 nitrogen and oxygen atoms in total. The van der Waals surface area contributed by atoms with Crippen molar-refractivity contribution >= 4 is 33.3 Å². The Balaban J connectivity index is 1.48. The number of fused-ring (bicyclic) bond motifs is 5. The summed E-state index contributed by atoms with van der Waals surface area (Å²) in [6, 6.07) is 11.2. The Labute approximate surface area is 183 Å². The molecule has 6 atom stereocenters. The number of carbonyl (C=O) groups is 1. The van der Waals surface area contributed by atoms with Crippen LogP contribution in [0.3, 0.4) is 0 Å². The molecule has 1 saturated carbocycles. The summed E-state index contributed by atoms with van der Waals surface area (Å²) in [7, 11) is 0. The maximum atomic E-state index is 13.3. The molecule has 29 heavy (non-hydrogen) atoms. The molecule has 6 heteroatoms. The molecule has 0 aromatic heterocycles. The van der Waals surface area contributed by atoms with Crippen LogP contribution in [0, 0.1) is 11.8 Å². The van der Waals surface area contributed by atoms with Crippen LogP contribution < -0.4 is 4.74 Å². The van der Waals surface area contributed by atoms with Crippen molar-refractivity contribution < 1.29 is 19.4 Å². The Hall–Kier alpha value is -1.40. The summed E-state index contributed by atoms with van der Waals surface area (Å²) >= 11 is 9.55. The minimum atomic E-state index is -0.703. The molecule has 0 spiro atoms. The zero-order chi connectivity index (χ0) is 20.3. The second-order valence-corrected chi connectivity index (χ2v) is 9.42. The predicted molar refractivity (Wildman–Crippen MR) is 114 cm³/mol. The third-order valence-electron chi connectivity index (χ3n) is 6.66. The molecule has 2 bridgehead atoms. The van der Waals surface area contributed by atoms with Crippen molar-refractivity contribution in [3.8, 4) is 11.5 Å². The molecule has 2 saturated heterocycles. The molecule has 5 rings (SSSR count). The topological polar surface area (TPSA) is 55.8 Å². The van der Waals surface area contributed by atoms with Gasteiger partial charge in [-0.05, 0) is 70.6 Å². The number of ketones is 1. The molecule has 6 unspecified atom stereocenters. The molecule has 152 valence electrons. The Morgan fingerprint density at radius 1 is 1.17 bits per heavy atom. The van der Waals surface area contributed by atoms with Crippen LogP contribution >= 0.6 is 27.5 Å². The van der Waals surface area contributed by atoms with Gasteiger partial charge in [-0.2, -0.15) is 0 Å². The summed E-state index contributed by atoms with van der Waals surface area (Å²) in [6.07, 6.45) is 1.94. The van der Waals surface area contributed by atoms with Gasteiger partial charge in [0.25, 0.3) is 0 Å². The summed E-state index contributed by atoms with van der Waals surface area (Å²) in [5.74, 6) is 0.609. The molecule has 0 amide bonds. The molecule has 2 aromatic carbocycles. The van der Waals surface area contributed by atoms with Crippen molar-refractivity contribution in [1.82, 2.24) is 0 Å². The number of hydrogen-bond donors (Lipinski definition) is 1. The summed E-state index contributed by atoms with van der Waals surface area (Å²) in [4.78, 5) is 13.3. The van der Waals surface area contributed by atoms with Crippen LogP contribution in [0.25, 0.3) is 0 Å². The predicted octanol–water partition coefficient (Wildman–Crippen LogP) is 5.28. The zero-order valence-corrected chi connectivity index (χ0v) is 18.3. The molecule has 2 aliphatic heterocycles.